The monoisotopic (exact) mass is 411 g/mol. The Hall–Kier alpha value is -3.98. The molecule has 0 N–H and O–H groups in total. The highest BCUT2D eigenvalue weighted by molar-refractivity contribution is 6.17. The van der Waals surface area contributed by atoms with Crippen LogP contribution < -0.4 is 5.43 Å². The molecule has 0 bridgehead atoms. The van der Waals surface area contributed by atoms with Crippen LogP contribution in [0.4, 0.5) is 0 Å². The average Bonchev–Trinajstić information content (AvgIpc) is 2.86. The molecule has 0 atom stereocenters. The van der Waals surface area contributed by atoms with Gasteiger partial charge in [-0.2, -0.15) is 10.4 Å². The lowest BCUT2D eigenvalue weighted by Gasteiger charge is -2.16. The number of aryl methyl sites for hydroxylation is 3. The number of hydrogen-bond donors (Lipinski definition) is 0. The third-order valence-electron chi connectivity index (χ3n) is 5.34. The van der Waals surface area contributed by atoms with Crippen molar-refractivity contribution in [3.05, 3.63) is 80.6 Å². The SMILES string of the molecule is CCOC(=O)c1c2cccccc-2c2c(=O)c(C#N)nn(-c3c(C)cc(C)cc3C)c12. The van der Waals surface area contributed by atoms with Crippen molar-refractivity contribution in [2.45, 2.75) is 27.7 Å². The Bertz CT molecular complexity index is 1400. The molecule has 1 aromatic heterocycles. The van der Waals surface area contributed by atoms with E-state index < -0.39 is 11.4 Å². The Morgan fingerprint density at radius 1 is 1.10 bits per heavy atom. The second-order valence-corrected chi connectivity index (χ2v) is 7.51. The molecule has 0 aliphatic heterocycles. The molecule has 0 saturated heterocycles. The first-order valence-corrected chi connectivity index (χ1v) is 10.0. The molecule has 2 aliphatic carbocycles. The number of nitriles is 1. The van der Waals surface area contributed by atoms with Crippen molar-refractivity contribution in [2.75, 3.05) is 6.61 Å². The number of fused-ring (bicyclic) bond motifs is 3. The van der Waals surface area contributed by atoms with Crippen molar-refractivity contribution in [1.29, 1.82) is 5.26 Å². The first kappa shape index (κ1) is 20.3. The first-order chi connectivity index (χ1) is 14.9. The number of carbonyl (C=O) groups is 1. The van der Waals surface area contributed by atoms with Crippen LogP contribution in [-0.2, 0) is 4.74 Å². The van der Waals surface area contributed by atoms with Crippen LogP contribution in [0.25, 0.3) is 27.7 Å². The summed E-state index contributed by atoms with van der Waals surface area (Å²) >= 11 is 0. The van der Waals surface area contributed by atoms with Gasteiger partial charge in [-0.15, -0.1) is 0 Å². The van der Waals surface area contributed by atoms with Crippen molar-refractivity contribution in [1.82, 2.24) is 9.78 Å². The predicted octanol–water partition coefficient (Wildman–Crippen LogP) is 4.46. The van der Waals surface area contributed by atoms with Gasteiger partial charge in [0.25, 0.3) is 0 Å². The molecule has 4 rings (SSSR count). The zero-order chi connectivity index (χ0) is 22.3. The topological polar surface area (TPSA) is 85.0 Å². The maximum absolute atomic E-state index is 13.2. The normalized spacial score (nSPS) is 10.9. The minimum atomic E-state index is -0.532. The van der Waals surface area contributed by atoms with Gasteiger partial charge in [-0.3, -0.25) is 4.79 Å². The number of benzene rings is 1. The standard InChI is InChI=1S/C25H21N3O3/c1-5-31-25(30)21-18-10-8-6-7-9-17(18)20-23(21)28(27-19(13-26)24(20)29)22-15(3)11-14(2)12-16(22)4/h6-12H,5H2,1-4H3. The largest absolute Gasteiger partial charge is 0.462 e. The summed E-state index contributed by atoms with van der Waals surface area (Å²) in [4.78, 5) is 26.3. The van der Waals surface area contributed by atoms with E-state index in [2.05, 4.69) is 5.10 Å². The molecule has 154 valence electrons. The molecule has 1 heterocycles. The lowest BCUT2D eigenvalue weighted by molar-refractivity contribution is 0.0529. The molecule has 6 nitrogen and oxygen atoms in total. The number of rotatable bonds is 3. The van der Waals surface area contributed by atoms with E-state index in [4.69, 9.17) is 4.74 Å². The van der Waals surface area contributed by atoms with Crippen LogP contribution in [-0.4, -0.2) is 22.4 Å². The Morgan fingerprint density at radius 3 is 2.35 bits per heavy atom. The highest BCUT2D eigenvalue weighted by atomic mass is 16.5. The maximum atomic E-state index is 13.2. The smallest absolute Gasteiger partial charge is 0.340 e. The Labute approximate surface area is 179 Å². The quantitative estimate of drug-likeness (QED) is 0.465. The summed E-state index contributed by atoms with van der Waals surface area (Å²) < 4.78 is 6.91. The molecule has 2 aliphatic rings. The van der Waals surface area contributed by atoms with E-state index in [1.165, 1.54) is 0 Å². The first-order valence-electron chi connectivity index (χ1n) is 10.0. The van der Waals surface area contributed by atoms with Gasteiger partial charge >= 0.3 is 5.97 Å². The molecule has 0 radical (unpaired) electrons. The van der Waals surface area contributed by atoms with Gasteiger partial charge in [0.2, 0.25) is 11.1 Å². The molecule has 1 aromatic carbocycles. The summed E-state index contributed by atoms with van der Waals surface area (Å²) in [5, 5.41) is 14.3. The third-order valence-corrected chi connectivity index (χ3v) is 5.34. The molecular weight excluding hydrogens is 390 g/mol. The van der Waals surface area contributed by atoms with Gasteiger partial charge < -0.3 is 4.74 Å². The van der Waals surface area contributed by atoms with Crippen molar-refractivity contribution in [3.8, 4) is 22.9 Å². The van der Waals surface area contributed by atoms with Gasteiger partial charge in [0.05, 0.1) is 28.8 Å². The van der Waals surface area contributed by atoms with Crippen molar-refractivity contribution in [2.24, 2.45) is 0 Å². The second-order valence-electron chi connectivity index (χ2n) is 7.51. The van der Waals surface area contributed by atoms with Crippen LogP contribution in [0, 0.1) is 32.1 Å². The number of esters is 1. The molecule has 6 heteroatoms. The molecule has 0 fully saturated rings. The molecule has 0 amide bonds. The Balaban J connectivity index is 2.31. The fourth-order valence-electron chi connectivity index (χ4n) is 4.27. The average molecular weight is 411 g/mol. The minimum Gasteiger partial charge on any atom is -0.462 e. The third kappa shape index (κ3) is 3.15. The summed E-state index contributed by atoms with van der Waals surface area (Å²) in [5.41, 5.74) is 4.75. The number of carbonyl (C=O) groups excluding carboxylic acids is 1. The van der Waals surface area contributed by atoms with Crippen molar-refractivity contribution < 1.29 is 9.53 Å². The Kier molecular flexibility index (Phi) is 5.04. The molecule has 0 unspecified atom stereocenters. The molecule has 0 spiro atoms. The van der Waals surface area contributed by atoms with E-state index in [9.17, 15) is 14.9 Å². The minimum absolute atomic E-state index is 0.197. The van der Waals surface area contributed by atoms with Crippen LogP contribution in [0.1, 0.15) is 39.7 Å². The lowest BCUT2D eigenvalue weighted by atomic mass is 10.0. The highest BCUT2D eigenvalue weighted by Crippen LogP contribution is 2.38. The zero-order valence-electron chi connectivity index (χ0n) is 17.8. The van der Waals surface area contributed by atoms with Crippen LogP contribution in [0.15, 0.2) is 47.3 Å². The van der Waals surface area contributed by atoms with Crippen LogP contribution in [0.3, 0.4) is 0 Å². The van der Waals surface area contributed by atoms with Crippen LogP contribution in [0.5, 0.6) is 0 Å². The van der Waals surface area contributed by atoms with E-state index >= 15 is 0 Å². The van der Waals surface area contributed by atoms with E-state index in [0.29, 0.717) is 22.0 Å². The summed E-state index contributed by atoms with van der Waals surface area (Å²) in [7, 11) is 0. The number of hydrogen-bond acceptors (Lipinski definition) is 5. The molecule has 31 heavy (non-hydrogen) atoms. The predicted molar refractivity (Wildman–Crippen MR) is 119 cm³/mol. The van der Waals surface area contributed by atoms with Gasteiger partial charge in [0, 0.05) is 0 Å². The van der Waals surface area contributed by atoms with Crippen LogP contribution >= 0.6 is 0 Å². The highest BCUT2D eigenvalue weighted by Gasteiger charge is 2.30. The molecule has 0 saturated carbocycles. The summed E-state index contributed by atoms with van der Waals surface area (Å²) in [6.07, 6.45) is 0. The van der Waals surface area contributed by atoms with Crippen molar-refractivity contribution in [3.63, 3.8) is 0 Å². The van der Waals surface area contributed by atoms with Gasteiger partial charge in [-0.05, 0) is 49.9 Å². The Morgan fingerprint density at radius 2 is 1.74 bits per heavy atom. The summed E-state index contributed by atoms with van der Waals surface area (Å²) in [6, 6.07) is 14.9. The van der Waals surface area contributed by atoms with E-state index in [1.54, 1.807) is 35.9 Å². The molecule has 2 aromatic rings. The van der Waals surface area contributed by atoms with E-state index in [-0.39, 0.29) is 17.9 Å². The van der Waals surface area contributed by atoms with Crippen LogP contribution in [0.2, 0.25) is 0 Å². The van der Waals surface area contributed by atoms with Gasteiger partial charge in [-0.1, -0.05) is 48.0 Å². The summed E-state index contributed by atoms with van der Waals surface area (Å²) in [6.45, 7) is 7.82. The number of aromatic nitrogens is 2. The second kappa shape index (κ2) is 7.69. The van der Waals surface area contributed by atoms with Crippen molar-refractivity contribution >= 4 is 16.9 Å². The number of nitrogens with zero attached hydrogens (tertiary/aromatic N) is 3. The number of ether oxygens (including phenoxy) is 1. The van der Waals surface area contributed by atoms with Gasteiger partial charge in [-0.25, -0.2) is 9.48 Å². The molecular formula is C25H21N3O3. The maximum Gasteiger partial charge on any atom is 0.340 e. The fraction of sp³-hybridized carbons (Fsp3) is 0.200. The lowest BCUT2D eigenvalue weighted by Crippen LogP contribution is -2.18. The fourth-order valence-corrected chi connectivity index (χ4v) is 4.27. The summed E-state index contributed by atoms with van der Waals surface area (Å²) in [5.74, 6) is -0.532. The van der Waals surface area contributed by atoms with Gasteiger partial charge in [0.1, 0.15) is 6.07 Å². The van der Waals surface area contributed by atoms with Gasteiger partial charge in [0.15, 0.2) is 0 Å². The zero-order valence-corrected chi connectivity index (χ0v) is 17.8. The van der Waals surface area contributed by atoms with E-state index in [0.717, 1.165) is 22.4 Å². The van der Waals surface area contributed by atoms with E-state index in [1.807, 2.05) is 45.0 Å².